The van der Waals surface area contributed by atoms with Crippen LogP contribution in [0.5, 0.6) is 0 Å². The number of nitrogens with zero attached hydrogens (tertiary/aromatic N) is 1. The van der Waals surface area contributed by atoms with E-state index in [1.807, 2.05) is 18.2 Å². The number of aromatic nitrogens is 1. The van der Waals surface area contributed by atoms with E-state index in [4.69, 9.17) is 16.1 Å². The quantitative estimate of drug-likeness (QED) is 0.849. The highest BCUT2D eigenvalue weighted by Gasteiger charge is 2.35. The maximum absolute atomic E-state index is 12.9. The number of hydrogen-bond acceptors (Lipinski definition) is 4. The highest BCUT2D eigenvalue weighted by Crippen LogP contribution is 2.32. The van der Waals surface area contributed by atoms with Gasteiger partial charge in [-0.15, -0.1) is 12.4 Å². The number of carbonyl (C=O) groups is 1. The Labute approximate surface area is 157 Å². The Morgan fingerprint density at radius 3 is 2.64 bits per heavy atom. The van der Waals surface area contributed by atoms with E-state index < -0.39 is 0 Å². The van der Waals surface area contributed by atoms with Crippen molar-refractivity contribution in [3.05, 3.63) is 40.6 Å². The van der Waals surface area contributed by atoms with Crippen molar-refractivity contribution in [2.75, 3.05) is 0 Å². The predicted molar refractivity (Wildman–Crippen MR) is 99.4 cm³/mol. The number of hydrogen-bond donors (Lipinski definition) is 2. The number of halogens is 2. The number of carbonyl (C=O) groups excluding carboxylic acids is 1. The number of fused-ring (bicyclic) bond motifs is 2. The first-order chi connectivity index (χ1) is 11.6. The molecule has 2 atom stereocenters. The van der Waals surface area contributed by atoms with Crippen molar-refractivity contribution in [3.8, 4) is 11.3 Å². The van der Waals surface area contributed by atoms with Crippen LogP contribution >= 0.6 is 24.0 Å². The summed E-state index contributed by atoms with van der Waals surface area (Å²) in [6.07, 6.45) is 4.37. The molecule has 2 saturated heterocycles. The summed E-state index contributed by atoms with van der Waals surface area (Å²) in [6.45, 7) is 1.76. The summed E-state index contributed by atoms with van der Waals surface area (Å²) in [5.74, 6) is 0.384. The molecule has 1 amide bonds. The maximum Gasteiger partial charge on any atom is 0.257 e. The molecule has 5 nitrogen and oxygen atoms in total. The van der Waals surface area contributed by atoms with Gasteiger partial charge < -0.3 is 15.2 Å². The van der Waals surface area contributed by atoms with Crippen molar-refractivity contribution in [2.45, 2.75) is 50.7 Å². The Morgan fingerprint density at radius 2 is 1.96 bits per heavy atom. The van der Waals surface area contributed by atoms with Crippen LogP contribution in [0.1, 0.15) is 41.8 Å². The zero-order chi connectivity index (χ0) is 16.7. The van der Waals surface area contributed by atoms with E-state index in [0.29, 0.717) is 39.7 Å². The monoisotopic (exact) mass is 381 g/mol. The van der Waals surface area contributed by atoms with Crippen LogP contribution in [0.4, 0.5) is 0 Å². The number of nitrogens with one attached hydrogen (secondary N) is 2. The lowest BCUT2D eigenvalue weighted by molar-refractivity contribution is 0.0923. The topological polar surface area (TPSA) is 67.2 Å². The third-order valence-electron chi connectivity index (χ3n) is 5.03. The fourth-order valence-electron chi connectivity index (χ4n) is 3.91. The minimum Gasteiger partial charge on any atom is -0.360 e. The molecule has 1 aromatic heterocycles. The van der Waals surface area contributed by atoms with Crippen LogP contribution < -0.4 is 10.6 Å². The van der Waals surface area contributed by atoms with E-state index in [2.05, 4.69) is 15.8 Å². The second-order valence-electron chi connectivity index (χ2n) is 6.72. The summed E-state index contributed by atoms with van der Waals surface area (Å²) in [7, 11) is 0. The van der Waals surface area contributed by atoms with Crippen LogP contribution in [-0.4, -0.2) is 29.2 Å². The summed E-state index contributed by atoms with van der Waals surface area (Å²) in [5.41, 5.74) is 1.70. The highest BCUT2D eigenvalue weighted by molar-refractivity contribution is 6.33. The van der Waals surface area contributed by atoms with Crippen LogP contribution in [0.15, 0.2) is 28.8 Å². The first kappa shape index (κ1) is 18.2. The van der Waals surface area contributed by atoms with Gasteiger partial charge in [0, 0.05) is 23.7 Å². The Morgan fingerprint density at radius 1 is 1.28 bits per heavy atom. The Balaban J connectivity index is 0.00000182. The van der Waals surface area contributed by atoms with E-state index in [0.717, 1.165) is 12.8 Å². The van der Waals surface area contributed by atoms with Crippen LogP contribution in [0.25, 0.3) is 11.3 Å². The zero-order valence-electron chi connectivity index (χ0n) is 13.9. The largest absolute Gasteiger partial charge is 0.360 e. The highest BCUT2D eigenvalue weighted by atomic mass is 35.5. The van der Waals surface area contributed by atoms with Crippen LogP contribution in [0.3, 0.4) is 0 Å². The lowest BCUT2D eigenvalue weighted by atomic mass is 9.98. The number of piperidine rings is 1. The molecule has 134 valence electrons. The van der Waals surface area contributed by atoms with E-state index in [-0.39, 0.29) is 24.4 Å². The third kappa shape index (κ3) is 3.54. The van der Waals surface area contributed by atoms with E-state index >= 15 is 0 Å². The van der Waals surface area contributed by atoms with Crippen molar-refractivity contribution in [1.29, 1.82) is 0 Å². The summed E-state index contributed by atoms with van der Waals surface area (Å²) in [6, 6.07) is 8.61. The Hall–Kier alpha value is -1.56. The molecule has 2 fully saturated rings. The molecular weight excluding hydrogens is 361 g/mol. The van der Waals surface area contributed by atoms with Gasteiger partial charge in [0.1, 0.15) is 17.0 Å². The van der Waals surface area contributed by atoms with Gasteiger partial charge in [0.05, 0.1) is 5.02 Å². The summed E-state index contributed by atoms with van der Waals surface area (Å²) >= 11 is 6.26. The van der Waals surface area contributed by atoms with Gasteiger partial charge in [0.25, 0.3) is 5.91 Å². The molecule has 4 rings (SSSR count). The van der Waals surface area contributed by atoms with E-state index in [1.165, 1.54) is 12.8 Å². The fourth-order valence-corrected chi connectivity index (χ4v) is 4.13. The molecule has 0 aliphatic carbocycles. The fraction of sp³-hybridized carbons (Fsp3) is 0.444. The Bertz CT molecular complexity index is 765. The smallest absolute Gasteiger partial charge is 0.257 e. The van der Waals surface area contributed by atoms with Crippen LogP contribution in [0, 0.1) is 6.92 Å². The molecule has 2 bridgehead atoms. The first-order valence-corrected chi connectivity index (χ1v) is 8.77. The standard InChI is InChI=1S/C18H20ClN3O2.ClH/c1-10-16(17(22-24-10)14-4-2-3-5-15(14)19)18(23)21-13-8-11-6-7-12(9-13)20-11;/h2-5,11-13,20H,6-9H2,1H3,(H,21,23);1H. The van der Waals surface area contributed by atoms with Crippen molar-refractivity contribution < 1.29 is 9.32 Å². The minimum atomic E-state index is -0.130. The molecular formula is C18H21Cl2N3O2. The second-order valence-corrected chi connectivity index (χ2v) is 7.13. The number of benzene rings is 1. The zero-order valence-corrected chi connectivity index (χ0v) is 15.5. The molecule has 2 unspecified atom stereocenters. The average molecular weight is 382 g/mol. The van der Waals surface area contributed by atoms with Gasteiger partial charge in [-0.3, -0.25) is 4.79 Å². The maximum atomic E-state index is 12.9. The van der Waals surface area contributed by atoms with Gasteiger partial charge in [-0.05, 0) is 38.7 Å². The molecule has 0 spiro atoms. The number of rotatable bonds is 3. The normalized spacial score (nSPS) is 24.6. The molecule has 7 heteroatoms. The van der Waals surface area contributed by atoms with E-state index in [9.17, 15) is 4.79 Å². The van der Waals surface area contributed by atoms with Crippen LogP contribution in [-0.2, 0) is 0 Å². The van der Waals surface area contributed by atoms with Crippen LogP contribution in [0.2, 0.25) is 5.02 Å². The molecule has 1 aromatic carbocycles. The van der Waals surface area contributed by atoms with Gasteiger partial charge >= 0.3 is 0 Å². The van der Waals surface area contributed by atoms with Crippen molar-refractivity contribution in [1.82, 2.24) is 15.8 Å². The molecule has 2 aliphatic rings. The summed E-state index contributed by atoms with van der Waals surface area (Å²) in [5, 5.41) is 11.4. The average Bonchev–Trinajstić information content (AvgIpc) is 3.10. The molecule has 0 radical (unpaired) electrons. The number of aryl methyl sites for hydroxylation is 1. The third-order valence-corrected chi connectivity index (χ3v) is 5.36. The van der Waals surface area contributed by atoms with Gasteiger partial charge in [0.15, 0.2) is 0 Å². The summed E-state index contributed by atoms with van der Waals surface area (Å²) in [4.78, 5) is 12.9. The minimum absolute atomic E-state index is 0. The molecule has 3 heterocycles. The second kappa shape index (κ2) is 7.36. The molecule has 2 aliphatic heterocycles. The summed E-state index contributed by atoms with van der Waals surface area (Å²) < 4.78 is 5.29. The van der Waals surface area contributed by atoms with Gasteiger partial charge in [-0.1, -0.05) is 35.0 Å². The van der Waals surface area contributed by atoms with Gasteiger partial charge in [-0.25, -0.2) is 0 Å². The van der Waals surface area contributed by atoms with Crippen molar-refractivity contribution in [3.63, 3.8) is 0 Å². The molecule has 0 saturated carbocycles. The van der Waals surface area contributed by atoms with Crippen molar-refractivity contribution >= 4 is 29.9 Å². The molecule has 25 heavy (non-hydrogen) atoms. The Kier molecular flexibility index (Phi) is 5.37. The lowest BCUT2D eigenvalue weighted by Gasteiger charge is -2.29. The number of amides is 1. The van der Waals surface area contributed by atoms with Gasteiger partial charge in [-0.2, -0.15) is 0 Å². The molecule has 2 aromatic rings. The SMILES string of the molecule is Cc1onc(-c2ccccc2Cl)c1C(=O)NC1CC2CCC(C1)N2.Cl. The molecule has 2 N–H and O–H groups in total. The van der Waals surface area contributed by atoms with E-state index in [1.54, 1.807) is 13.0 Å². The first-order valence-electron chi connectivity index (χ1n) is 8.40. The lowest BCUT2D eigenvalue weighted by Crippen LogP contribution is -2.48. The van der Waals surface area contributed by atoms with Crippen molar-refractivity contribution in [2.24, 2.45) is 0 Å². The predicted octanol–water partition coefficient (Wildman–Crippen LogP) is 3.74. The van der Waals surface area contributed by atoms with Gasteiger partial charge in [0.2, 0.25) is 0 Å².